The number of esters is 4. The van der Waals surface area contributed by atoms with Crippen molar-refractivity contribution >= 4 is 23.9 Å². The van der Waals surface area contributed by atoms with Gasteiger partial charge < -0.3 is 9.47 Å². The fraction of sp³-hybridized carbons (Fsp3) is 0.615. The Kier molecular flexibility index (Phi) is 15.8. The van der Waals surface area contributed by atoms with Gasteiger partial charge in [-0.2, -0.15) is 0 Å². The van der Waals surface area contributed by atoms with Crippen molar-refractivity contribution in [2.45, 2.75) is 91.9 Å². The van der Waals surface area contributed by atoms with Crippen molar-refractivity contribution in [1.82, 2.24) is 0 Å². The minimum atomic E-state index is -1.02. The van der Waals surface area contributed by atoms with E-state index in [1.54, 1.807) is 0 Å². The van der Waals surface area contributed by atoms with Gasteiger partial charge in [-0.05, 0) is 24.7 Å². The molecule has 0 saturated heterocycles. The second-order valence-corrected chi connectivity index (χ2v) is 8.20. The summed E-state index contributed by atoms with van der Waals surface area (Å²) in [5.74, 6) is -3.05. The third-order valence-electron chi connectivity index (χ3n) is 5.48. The lowest BCUT2D eigenvalue weighted by Gasteiger charge is -2.14. The van der Waals surface area contributed by atoms with Crippen molar-refractivity contribution in [2.24, 2.45) is 11.8 Å². The van der Waals surface area contributed by atoms with Crippen molar-refractivity contribution in [1.29, 1.82) is 0 Å². The maximum atomic E-state index is 12.0. The third-order valence-corrected chi connectivity index (χ3v) is 5.48. The highest BCUT2D eigenvalue weighted by Gasteiger charge is 2.18. The lowest BCUT2D eigenvalue weighted by atomic mass is 9.92. The maximum Gasteiger partial charge on any atom is 0.341 e. The molecule has 0 radical (unpaired) electrons. The first kappa shape index (κ1) is 29.5. The Morgan fingerprint density at radius 2 is 1.03 bits per heavy atom. The lowest BCUT2D eigenvalue weighted by Crippen LogP contribution is -2.16. The summed E-state index contributed by atoms with van der Waals surface area (Å²) in [4.78, 5) is 47.7. The molecule has 0 rings (SSSR count). The van der Waals surface area contributed by atoms with Crippen LogP contribution in [-0.2, 0) is 28.7 Å². The molecular formula is C26H40O6. The molecule has 6 heteroatoms. The molecule has 0 amide bonds. The molecule has 2 atom stereocenters. The van der Waals surface area contributed by atoms with Gasteiger partial charge in [0.05, 0.1) is 0 Å². The van der Waals surface area contributed by atoms with Crippen LogP contribution in [0.25, 0.3) is 0 Å². The van der Waals surface area contributed by atoms with E-state index in [1.807, 2.05) is 13.8 Å². The van der Waals surface area contributed by atoms with Gasteiger partial charge in [0.15, 0.2) is 0 Å². The van der Waals surface area contributed by atoms with Gasteiger partial charge >= 0.3 is 23.9 Å². The zero-order valence-corrected chi connectivity index (χ0v) is 20.2. The molecule has 0 saturated carbocycles. The second-order valence-electron chi connectivity index (χ2n) is 8.20. The predicted octanol–water partition coefficient (Wildman–Crippen LogP) is 6.01. The van der Waals surface area contributed by atoms with Gasteiger partial charge in [-0.1, -0.05) is 92.2 Å². The molecule has 0 aliphatic rings. The fourth-order valence-electron chi connectivity index (χ4n) is 3.28. The molecule has 0 aliphatic carbocycles. The van der Waals surface area contributed by atoms with Crippen molar-refractivity contribution in [3.63, 3.8) is 0 Å². The van der Waals surface area contributed by atoms with Gasteiger partial charge in [-0.15, -0.1) is 0 Å². The van der Waals surface area contributed by atoms with E-state index in [4.69, 9.17) is 9.47 Å². The maximum absolute atomic E-state index is 12.0. The van der Waals surface area contributed by atoms with Gasteiger partial charge in [0.2, 0.25) is 0 Å². The molecule has 2 unspecified atom stereocenters. The number of unbranched alkanes of at least 4 members (excludes halogenated alkanes) is 2. The van der Waals surface area contributed by atoms with Gasteiger partial charge in [0, 0.05) is 23.3 Å². The number of hydrogen-bond acceptors (Lipinski definition) is 6. The number of ether oxygens (including phenoxy) is 2. The third kappa shape index (κ3) is 13.0. The number of rotatable bonds is 16. The topological polar surface area (TPSA) is 86.7 Å². The zero-order chi connectivity index (χ0) is 24.5. The molecule has 0 bridgehead atoms. The van der Waals surface area contributed by atoms with Crippen molar-refractivity contribution in [3.8, 4) is 0 Å². The Bertz CT molecular complexity index is 630. The van der Waals surface area contributed by atoms with Crippen molar-refractivity contribution in [3.05, 3.63) is 36.5 Å². The highest BCUT2D eigenvalue weighted by atomic mass is 16.6. The van der Waals surface area contributed by atoms with E-state index < -0.39 is 23.9 Å². The summed E-state index contributed by atoms with van der Waals surface area (Å²) >= 11 is 0. The molecule has 32 heavy (non-hydrogen) atoms. The lowest BCUT2D eigenvalue weighted by molar-refractivity contribution is -0.156. The Morgan fingerprint density at radius 3 is 1.31 bits per heavy atom. The van der Waals surface area contributed by atoms with Crippen LogP contribution < -0.4 is 0 Å². The monoisotopic (exact) mass is 448 g/mol. The summed E-state index contributed by atoms with van der Waals surface area (Å²) in [6.07, 6.45) is 10.5. The molecule has 0 aromatic heterocycles. The molecule has 180 valence electrons. The molecule has 0 N–H and O–H groups in total. The van der Waals surface area contributed by atoms with Crippen molar-refractivity contribution in [2.75, 3.05) is 0 Å². The van der Waals surface area contributed by atoms with Crippen LogP contribution in [0.2, 0.25) is 0 Å². The van der Waals surface area contributed by atoms with E-state index in [9.17, 15) is 19.2 Å². The fourth-order valence-corrected chi connectivity index (χ4v) is 3.28. The van der Waals surface area contributed by atoms with Gasteiger partial charge in [0.1, 0.15) is 0 Å². The molecule has 0 fully saturated rings. The summed E-state index contributed by atoms with van der Waals surface area (Å²) in [6, 6.07) is 0. The first-order valence-electron chi connectivity index (χ1n) is 11.7. The second kappa shape index (κ2) is 17.1. The molecule has 0 spiro atoms. The summed E-state index contributed by atoms with van der Waals surface area (Å²) in [7, 11) is 0. The molecule has 0 heterocycles. The zero-order valence-electron chi connectivity index (χ0n) is 20.2. The average molecular weight is 449 g/mol. The minimum absolute atomic E-state index is 0.220. The van der Waals surface area contributed by atoms with Crippen LogP contribution in [-0.4, -0.2) is 23.9 Å². The standard InChI is InChI=1S/C26H40O6/c1-7-11-13-21(9-3)17-19(5)25(29)31-23(27)15-16-24(28)32-26(30)20(6)18-22(10-4)14-12-8-2/h15-16,21-22H,5-14,17-18H2,1-4H3. The molecule has 0 aromatic carbocycles. The van der Waals surface area contributed by atoms with E-state index in [0.717, 1.165) is 63.5 Å². The van der Waals surface area contributed by atoms with Gasteiger partial charge in [-0.25, -0.2) is 19.2 Å². The van der Waals surface area contributed by atoms with E-state index in [1.165, 1.54) is 0 Å². The van der Waals surface area contributed by atoms with E-state index in [-0.39, 0.29) is 11.1 Å². The van der Waals surface area contributed by atoms with Crippen LogP contribution in [0.3, 0.4) is 0 Å². The Hall–Kier alpha value is -2.50. The Balaban J connectivity index is 4.54. The first-order valence-corrected chi connectivity index (χ1v) is 11.7. The first-order chi connectivity index (χ1) is 15.2. The van der Waals surface area contributed by atoms with E-state index in [0.29, 0.717) is 24.7 Å². The minimum Gasteiger partial charge on any atom is -0.386 e. The quantitative estimate of drug-likeness (QED) is 0.163. The SMILES string of the molecule is C=C(CC(CC)CCCC)C(=O)OC(=O)C=CC(=O)OC(=O)C(=C)CC(CC)CCCC. The van der Waals surface area contributed by atoms with Crippen LogP contribution >= 0.6 is 0 Å². The van der Waals surface area contributed by atoms with Crippen LogP contribution in [0.1, 0.15) is 91.9 Å². The average Bonchev–Trinajstić information content (AvgIpc) is 2.77. The Morgan fingerprint density at radius 1 is 0.688 bits per heavy atom. The smallest absolute Gasteiger partial charge is 0.341 e. The number of carbonyl (C=O) groups is 4. The summed E-state index contributed by atoms with van der Waals surface area (Å²) in [5, 5.41) is 0. The van der Waals surface area contributed by atoms with Gasteiger partial charge in [0.25, 0.3) is 0 Å². The number of carbonyl (C=O) groups excluding carboxylic acids is 4. The van der Waals surface area contributed by atoms with Gasteiger partial charge in [-0.3, -0.25) is 0 Å². The summed E-state index contributed by atoms with van der Waals surface area (Å²) < 4.78 is 9.39. The molecule has 0 aromatic rings. The highest BCUT2D eigenvalue weighted by molar-refractivity contribution is 6.03. The predicted molar refractivity (Wildman–Crippen MR) is 125 cm³/mol. The largest absolute Gasteiger partial charge is 0.386 e. The van der Waals surface area contributed by atoms with Crippen LogP contribution in [0.15, 0.2) is 36.5 Å². The van der Waals surface area contributed by atoms with E-state index >= 15 is 0 Å². The summed E-state index contributed by atoms with van der Waals surface area (Å²) in [6.45, 7) is 15.7. The van der Waals surface area contributed by atoms with Crippen molar-refractivity contribution < 1.29 is 28.7 Å². The highest BCUT2D eigenvalue weighted by Crippen LogP contribution is 2.22. The molecule has 0 aliphatic heterocycles. The number of hydrogen-bond donors (Lipinski definition) is 0. The van der Waals surface area contributed by atoms with Crippen LogP contribution in [0.5, 0.6) is 0 Å². The Labute approximate surface area is 193 Å². The van der Waals surface area contributed by atoms with Crippen LogP contribution in [0.4, 0.5) is 0 Å². The normalized spacial score (nSPS) is 12.8. The van der Waals surface area contributed by atoms with Crippen LogP contribution in [0, 0.1) is 11.8 Å². The van der Waals surface area contributed by atoms with E-state index in [2.05, 4.69) is 27.0 Å². The molecule has 6 nitrogen and oxygen atoms in total. The summed E-state index contributed by atoms with van der Waals surface area (Å²) in [5.41, 5.74) is 0.439. The molecular weight excluding hydrogens is 408 g/mol.